The van der Waals surface area contributed by atoms with E-state index in [9.17, 15) is 9.59 Å². The average Bonchev–Trinajstić information content (AvgIpc) is 2.27. The quantitative estimate of drug-likeness (QED) is 0.536. The van der Waals surface area contributed by atoms with Gasteiger partial charge in [0, 0.05) is 6.54 Å². The Bertz CT molecular complexity index is 403. The second-order valence-corrected chi connectivity index (χ2v) is 3.66. The Morgan fingerprint density at radius 2 is 1.88 bits per heavy atom. The summed E-state index contributed by atoms with van der Waals surface area (Å²) in [4.78, 5) is 22.0. The van der Waals surface area contributed by atoms with E-state index in [0.29, 0.717) is 0 Å². The highest BCUT2D eigenvalue weighted by Crippen LogP contribution is 2.09. The third kappa shape index (κ3) is 4.52. The maximum Gasteiger partial charge on any atom is 0.237 e. The average molecular weight is 237 g/mol. The molecule has 0 aliphatic rings. The third-order valence-corrected chi connectivity index (χ3v) is 2.16. The van der Waals surface area contributed by atoms with Crippen molar-refractivity contribution < 1.29 is 14.7 Å². The van der Waals surface area contributed by atoms with Crippen LogP contribution < -0.4 is 16.8 Å². The van der Waals surface area contributed by atoms with Gasteiger partial charge in [-0.3, -0.25) is 9.59 Å². The van der Waals surface area contributed by atoms with Crippen molar-refractivity contribution in [3.8, 4) is 5.75 Å². The van der Waals surface area contributed by atoms with Gasteiger partial charge in [0.1, 0.15) is 5.75 Å². The predicted octanol–water partition coefficient (Wildman–Crippen LogP) is -0.789. The number of nitrogens with one attached hydrogen (secondary N) is 1. The maximum atomic E-state index is 11.4. The van der Waals surface area contributed by atoms with Gasteiger partial charge < -0.3 is 21.9 Å². The van der Waals surface area contributed by atoms with Gasteiger partial charge in [0.25, 0.3) is 0 Å². The number of carbonyl (C=O) groups excluding carboxylic acids is 2. The number of hydrogen-bond acceptors (Lipinski definition) is 4. The van der Waals surface area contributed by atoms with Crippen molar-refractivity contribution >= 4 is 11.8 Å². The van der Waals surface area contributed by atoms with Crippen molar-refractivity contribution in [2.24, 2.45) is 11.5 Å². The number of aromatic hydroxyl groups is 1. The molecule has 0 aliphatic heterocycles. The zero-order valence-electron chi connectivity index (χ0n) is 9.22. The van der Waals surface area contributed by atoms with Gasteiger partial charge in [-0.25, -0.2) is 0 Å². The lowest BCUT2D eigenvalue weighted by Gasteiger charge is -2.10. The van der Waals surface area contributed by atoms with Gasteiger partial charge in [-0.05, 0) is 17.7 Å². The van der Waals surface area contributed by atoms with E-state index in [0.717, 1.165) is 5.56 Å². The number of phenols is 1. The van der Waals surface area contributed by atoms with Gasteiger partial charge in [0.05, 0.1) is 12.5 Å². The van der Waals surface area contributed by atoms with Gasteiger partial charge in [-0.1, -0.05) is 12.1 Å². The number of benzene rings is 1. The van der Waals surface area contributed by atoms with Gasteiger partial charge >= 0.3 is 0 Å². The van der Waals surface area contributed by atoms with E-state index < -0.39 is 17.9 Å². The zero-order valence-corrected chi connectivity index (χ0v) is 9.22. The lowest BCUT2D eigenvalue weighted by atomic mass is 10.2. The summed E-state index contributed by atoms with van der Waals surface area (Å²) in [7, 11) is 0. The molecule has 0 fully saturated rings. The lowest BCUT2D eigenvalue weighted by Crippen LogP contribution is -2.42. The van der Waals surface area contributed by atoms with Crippen LogP contribution in [-0.2, 0) is 16.1 Å². The highest BCUT2D eigenvalue weighted by atomic mass is 16.3. The Hall–Kier alpha value is -2.08. The lowest BCUT2D eigenvalue weighted by molar-refractivity contribution is -0.126. The van der Waals surface area contributed by atoms with E-state index in [1.807, 2.05) is 0 Å². The first-order valence-electron chi connectivity index (χ1n) is 5.08. The summed E-state index contributed by atoms with van der Waals surface area (Å²) in [6, 6.07) is 5.46. The number of hydrogen-bond donors (Lipinski definition) is 4. The van der Waals surface area contributed by atoms with E-state index in [-0.39, 0.29) is 18.7 Å². The van der Waals surface area contributed by atoms with E-state index in [1.165, 1.54) is 12.1 Å². The third-order valence-electron chi connectivity index (χ3n) is 2.16. The molecule has 0 aromatic heterocycles. The first-order chi connectivity index (χ1) is 7.99. The number of primary amides is 1. The normalized spacial score (nSPS) is 11.8. The zero-order chi connectivity index (χ0) is 12.8. The largest absolute Gasteiger partial charge is 0.508 e. The van der Waals surface area contributed by atoms with Crippen molar-refractivity contribution in [3.05, 3.63) is 29.8 Å². The van der Waals surface area contributed by atoms with Gasteiger partial charge in [-0.15, -0.1) is 0 Å². The summed E-state index contributed by atoms with van der Waals surface area (Å²) in [5, 5.41) is 11.6. The van der Waals surface area contributed by atoms with Crippen LogP contribution in [0.5, 0.6) is 5.75 Å². The molecule has 0 aliphatic carbocycles. The van der Waals surface area contributed by atoms with Crippen LogP contribution in [0.2, 0.25) is 0 Å². The number of nitrogens with two attached hydrogens (primary N) is 2. The fraction of sp³-hybridized carbons (Fsp3) is 0.273. The Morgan fingerprint density at radius 1 is 1.29 bits per heavy atom. The molecule has 1 rings (SSSR count). The Kier molecular flexibility index (Phi) is 4.47. The Morgan fingerprint density at radius 3 is 2.41 bits per heavy atom. The van der Waals surface area contributed by atoms with Crippen LogP contribution in [0.25, 0.3) is 0 Å². The minimum absolute atomic E-state index is 0.158. The molecule has 2 amide bonds. The number of rotatable bonds is 5. The summed E-state index contributed by atoms with van der Waals surface area (Å²) in [5.74, 6) is -0.889. The molecule has 0 radical (unpaired) electrons. The summed E-state index contributed by atoms with van der Waals surface area (Å²) >= 11 is 0. The molecule has 1 aromatic carbocycles. The minimum Gasteiger partial charge on any atom is -0.508 e. The second-order valence-electron chi connectivity index (χ2n) is 3.66. The van der Waals surface area contributed by atoms with Crippen LogP contribution in [0, 0.1) is 0 Å². The molecule has 6 heteroatoms. The fourth-order valence-electron chi connectivity index (χ4n) is 1.24. The molecule has 0 bridgehead atoms. The molecular formula is C11H15N3O3. The predicted molar refractivity (Wildman–Crippen MR) is 61.7 cm³/mol. The van der Waals surface area contributed by atoms with E-state index >= 15 is 0 Å². The SMILES string of the molecule is NC(=O)C[C@H](N)C(=O)NCc1ccc(O)cc1. The fourth-order valence-corrected chi connectivity index (χ4v) is 1.24. The first-order valence-corrected chi connectivity index (χ1v) is 5.08. The minimum atomic E-state index is -0.926. The molecule has 17 heavy (non-hydrogen) atoms. The highest BCUT2D eigenvalue weighted by molar-refractivity contribution is 5.87. The van der Waals surface area contributed by atoms with Crippen molar-refractivity contribution in [2.75, 3.05) is 0 Å². The van der Waals surface area contributed by atoms with Crippen LogP contribution in [0.1, 0.15) is 12.0 Å². The van der Waals surface area contributed by atoms with Crippen molar-refractivity contribution in [1.29, 1.82) is 0 Å². The van der Waals surface area contributed by atoms with Crippen LogP contribution in [-0.4, -0.2) is 23.0 Å². The number of phenolic OH excluding ortho intramolecular Hbond substituents is 1. The molecule has 92 valence electrons. The van der Waals surface area contributed by atoms with Crippen LogP contribution in [0.15, 0.2) is 24.3 Å². The van der Waals surface area contributed by atoms with E-state index in [2.05, 4.69) is 5.32 Å². The van der Waals surface area contributed by atoms with Crippen LogP contribution >= 0.6 is 0 Å². The van der Waals surface area contributed by atoms with E-state index in [1.54, 1.807) is 12.1 Å². The topological polar surface area (TPSA) is 118 Å². The monoisotopic (exact) mass is 237 g/mol. The molecule has 0 spiro atoms. The molecule has 0 saturated carbocycles. The molecule has 0 saturated heterocycles. The smallest absolute Gasteiger partial charge is 0.237 e. The summed E-state index contributed by atoms with van der Waals surface area (Å²) in [6.07, 6.45) is -0.179. The highest BCUT2D eigenvalue weighted by Gasteiger charge is 2.15. The number of amides is 2. The van der Waals surface area contributed by atoms with Crippen LogP contribution in [0.4, 0.5) is 0 Å². The van der Waals surface area contributed by atoms with E-state index in [4.69, 9.17) is 16.6 Å². The van der Waals surface area contributed by atoms with Crippen molar-refractivity contribution in [1.82, 2.24) is 5.32 Å². The first kappa shape index (κ1) is 13.0. The van der Waals surface area contributed by atoms with Gasteiger partial charge in [0.2, 0.25) is 11.8 Å². The summed E-state index contributed by atoms with van der Waals surface area (Å²) in [5.41, 5.74) is 11.2. The standard InChI is InChI=1S/C11H15N3O3/c12-9(5-10(13)16)11(17)14-6-7-1-3-8(15)4-2-7/h1-4,9,15H,5-6,12H2,(H2,13,16)(H,14,17)/t9-/m0/s1. The Labute approximate surface area is 98.6 Å². The number of carbonyl (C=O) groups is 2. The molecular weight excluding hydrogens is 222 g/mol. The Balaban J connectivity index is 2.42. The molecule has 1 atom stereocenters. The molecule has 6 nitrogen and oxygen atoms in total. The van der Waals surface area contributed by atoms with Crippen LogP contribution in [0.3, 0.4) is 0 Å². The van der Waals surface area contributed by atoms with Crippen molar-refractivity contribution in [2.45, 2.75) is 19.0 Å². The van der Waals surface area contributed by atoms with Gasteiger partial charge in [-0.2, -0.15) is 0 Å². The summed E-state index contributed by atoms with van der Waals surface area (Å²) < 4.78 is 0. The molecule has 1 aromatic rings. The molecule has 0 unspecified atom stereocenters. The van der Waals surface area contributed by atoms with Gasteiger partial charge in [0.15, 0.2) is 0 Å². The molecule has 0 heterocycles. The van der Waals surface area contributed by atoms with Crippen molar-refractivity contribution in [3.63, 3.8) is 0 Å². The maximum absolute atomic E-state index is 11.4. The second kappa shape index (κ2) is 5.86. The summed E-state index contributed by atoms with van der Waals surface area (Å²) in [6.45, 7) is 0.283. The molecule has 6 N–H and O–H groups in total.